The lowest BCUT2D eigenvalue weighted by Gasteiger charge is -2.13. The van der Waals surface area contributed by atoms with E-state index in [2.05, 4.69) is 36.1 Å². The molecule has 4 heteroatoms. The van der Waals surface area contributed by atoms with Gasteiger partial charge in [-0.1, -0.05) is 6.92 Å². The molecule has 0 aromatic carbocycles. The van der Waals surface area contributed by atoms with Gasteiger partial charge in [0.15, 0.2) is 0 Å². The van der Waals surface area contributed by atoms with Gasteiger partial charge in [-0.05, 0) is 45.8 Å². The summed E-state index contributed by atoms with van der Waals surface area (Å²) in [6.45, 7) is 10.3. The minimum Gasteiger partial charge on any atom is -0.381 e. The van der Waals surface area contributed by atoms with Crippen LogP contribution in [0.25, 0.3) is 0 Å². The first-order valence-electron chi connectivity index (χ1n) is 6.65. The summed E-state index contributed by atoms with van der Waals surface area (Å²) >= 11 is 0. The van der Waals surface area contributed by atoms with Gasteiger partial charge in [-0.25, -0.2) is 9.97 Å². The molecule has 0 amide bonds. The molecule has 1 unspecified atom stereocenters. The van der Waals surface area contributed by atoms with Crippen molar-refractivity contribution < 1.29 is 4.74 Å². The normalized spacial score (nSPS) is 12.7. The standard InChI is InChI=1S/C14H25N3O/c1-6-15-8-7-13-11(3)16-14(17-12(13)4)9-10(2)18-5/h10,15H,6-9H2,1-5H3. The zero-order chi connectivity index (χ0) is 13.5. The predicted molar refractivity (Wildman–Crippen MR) is 73.9 cm³/mol. The second-order valence-electron chi connectivity index (χ2n) is 4.64. The SMILES string of the molecule is CCNCCc1c(C)nc(CC(C)OC)nc1C. The van der Waals surface area contributed by atoms with Crippen LogP contribution in [0.2, 0.25) is 0 Å². The van der Waals surface area contributed by atoms with Crippen molar-refractivity contribution in [2.75, 3.05) is 20.2 Å². The highest BCUT2D eigenvalue weighted by molar-refractivity contribution is 5.24. The summed E-state index contributed by atoms with van der Waals surface area (Å²) in [7, 11) is 1.72. The van der Waals surface area contributed by atoms with E-state index >= 15 is 0 Å². The average Bonchev–Trinajstić information content (AvgIpc) is 2.32. The molecule has 18 heavy (non-hydrogen) atoms. The molecule has 0 spiro atoms. The largest absolute Gasteiger partial charge is 0.381 e. The summed E-state index contributed by atoms with van der Waals surface area (Å²) in [6.07, 6.45) is 1.92. The van der Waals surface area contributed by atoms with E-state index in [0.29, 0.717) is 0 Å². The van der Waals surface area contributed by atoms with E-state index in [0.717, 1.165) is 43.1 Å². The Labute approximate surface area is 110 Å². The first-order chi connectivity index (χ1) is 8.58. The quantitative estimate of drug-likeness (QED) is 0.751. The number of hydrogen-bond donors (Lipinski definition) is 1. The maximum atomic E-state index is 5.25. The lowest BCUT2D eigenvalue weighted by Crippen LogP contribution is -2.19. The van der Waals surface area contributed by atoms with Gasteiger partial charge in [0.2, 0.25) is 0 Å². The van der Waals surface area contributed by atoms with E-state index in [1.807, 2.05) is 6.92 Å². The Morgan fingerprint density at radius 1 is 1.22 bits per heavy atom. The molecule has 1 heterocycles. The van der Waals surface area contributed by atoms with E-state index in [-0.39, 0.29) is 6.10 Å². The number of methoxy groups -OCH3 is 1. The Morgan fingerprint density at radius 3 is 2.33 bits per heavy atom. The molecule has 1 rings (SSSR count). The second-order valence-corrected chi connectivity index (χ2v) is 4.64. The van der Waals surface area contributed by atoms with Crippen molar-refractivity contribution in [3.05, 3.63) is 22.8 Å². The summed E-state index contributed by atoms with van der Waals surface area (Å²) in [5.74, 6) is 0.881. The lowest BCUT2D eigenvalue weighted by atomic mass is 10.1. The highest BCUT2D eigenvalue weighted by Gasteiger charge is 2.10. The molecule has 4 nitrogen and oxygen atoms in total. The number of aromatic nitrogens is 2. The Morgan fingerprint density at radius 2 is 1.83 bits per heavy atom. The van der Waals surface area contributed by atoms with Gasteiger partial charge in [0.25, 0.3) is 0 Å². The maximum absolute atomic E-state index is 5.25. The third kappa shape index (κ3) is 4.35. The molecular formula is C14H25N3O. The fourth-order valence-electron chi connectivity index (χ4n) is 1.99. The van der Waals surface area contributed by atoms with Crippen molar-refractivity contribution in [3.63, 3.8) is 0 Å². The van der Waals surface area contributed by atoms with Crippen LogP contribution in [0.15, 0.2) is 0 Å². The van der Waals surface area contributed by atoms with Gasteiger partial charge in [0.1, 0.15) is 5.82 Å². The molecule has 1 N–H and O–H groups in total. The molecule has 0 aliphatic heterocycles. The Bertz CT molecular complexity index is 356. The smallest absolute Gasteiger partial charge is 0.131 e. The summed E-state index contributed by atoms with van der Waals surface area (Å²) in [5.41, 5.74) is 3.46. The van der Waals surface area contributed by atoms with Crippen LogP contribution in [0.5, 0.6) is 0 Å². The first-order valence-corrected chi connectivity index (χ1v) is 6.65. The summed E-state index contributed by atoms with van der Waals surface area (Å²) in [4.78, 5) is 9.16. The monoisotopic (exact) mass is 251 g/mol. The van der Waals surface area contributed by atoms with Gasteiger partial charge in [0, 0.05) is 24.9 Å². The zero-order valence-corrected chi connectivity index (χ0v) is 12.2. The average molecular weight is 251 g/mol. The van der Waals surface area contributed by atoms with Crippen molar-refractivity contribution in [3.8, 4) is 0 Å². The Kier molecular flexibility index (Phi) is 6.22. The predicted octanol–water partition coefficient (Wildman–Crippen LogP) is 1.82. The van der Waals surface area contributed by atoms with Crippen LogP contribution in [0.3, 0.4) is 0 Å². The summed E-state index contributed by atoms with van der Waals surface area (Å²) in [5, 5.41) is 3.33. The van der Waals surface area contributed by atoms with Gasteiger partial charge in [-0.3, -0.25) is 0 Å². The number of likely N-dealkylation sites (N-methyl/N-ethyl adjacent to an activating group) is 1. The third-order valence-corrected chi connectivity index (χ3v) is 3.14. The van der Waals surface area contributed by atoms with Crippen molar-refractivity contribution in [1.29, 1.82) is 0 Å². The van der Waals surface area contributed by atoms with Gasteiger partial charge >= 0.3 is 0 Å². The van der Waals surface area contributed by atoms with Gasteiger partial charge < -0.3 is 10.1 Å². The van der Waals surface area contributed by atoms with E-state index in [1.165, 1.54) is 5.56 Å². The molecule has 1 aromatic heterocycles. The van der Waals surface area contributed by atoms with Crippen molar-refractivity contribution in [2.45, 2.75) is 46.6 Å². The first kappa shape index (κ1) is 15.1. The maximum Gasteiger partial charge on any atom is 0.131 e. The van der Waals surface area contributed by atoms with E-state index in [1.54, 1.807) is 7.11 Å². The van der Waals surface area contributed by atoms with Crippen molar-refractivity contribution in [2.24, 2.45) is 0 Å². The molecule has 0 saturated carbocycles. The minimum absolute atomic E-state index is 0.163. The molecule has 1 atom stereocenters. The van der Waals surface area contributed by atoms with Crippen LogP contribution in [0.1, 0.15) is 36.6 Å². The van der Waals surface area contributed by atoms with Crippen LogP contribution in [0, 0.1) is 13.8 Å². The minimum atomic E-state index is 0.163. The van der Waals surface area contributed by atoms with E-state index in [4.69, 9.17) is 4.74 Å². The van der Waals surface area contributed by atoms with Crippen LogP contribution in [0.4, 0.5) is 0 Å². The van der Waals surface area contributed by atoms with Crippen LogP contribution >= 0.6 is 0 Å². The number of aryl methyl sites for hydroxylation is 2. The number of ether oxygens (including phenoxy) is 1. The van der Waals surface area contributed by atoms with Crippen LogP contribution < -0.4 is 5.32 Å². The summed E-state index contributed by atoms with van der Waals surface area (Å²) in [6, 6.07) is 0. The summed E-state index contributed by atoms with van der Waals surface area (Å²) < 4.78 is 5.25. The molecule has 1 aromatic rings. The highest BCUT2D eigenvalue weighted by Crippen LogP contribution is 2.12. The van der Waals surface area contributed by atoms with Crippen LogP contribution in [-0.2, 0) is 17.6 Å². The van der Waals surface area contributed by atoms with Crippen molar-refractivity contribution >= 4 is 0 Å². The molecule has 0 radical (unpaired) electrons. The molecular weight excluding hydrogens is 226 g/mol. The Balaban J connectivity index is 2.77. The zero-order valence-electron chi connectivity index (χ0n) is 12.2. The topological polar surface area (TPSA) is 47.0 Å². The molecule has 0 fully saturated rings. The highest BCUT2D eigenvalue weighted by atomic mass is 16.5. The molecule has 0 aliphatic carbocycles. The lowest BCUT2D eigenvalue weighted by molar-refractivity contribution is 0.117. The fourth-order valence-corrected chi connectivity index (χ4v) is 1.99. The van der Waals surface area contributed by atoms with Gasteiger partial charge in [0.05, 0.1) is 6.10 Å². The number of hydrogen-bond acceptors (Lipinski definition) is 4. The van der Waals surface area contributed by atoms with Crippen molar-refractivity contribution in [1.82, 2.24) is 15.3 Å². The molecule has 0 saturated heterocycles. The third-order valence-electron chi connectivity index (χ3n) is 3.14. The Hall–Kier alpha value is -1.00. The fraction of sp³-hybridized carbons (Fsp3) is 0.714. The van der Waals surface area contributed by atoms with E-state index in [9.17, 15) is 0 Å². The van der Waals surface area contributed by atoms with Gasteiger partial charge in [-0.2, -0.15) is 0 Å². The number of nitrogens with one attached hydrogen (secondary N) is 1. The number of rotatable bonds is 7. The number of nitrogens with zero attached hydrogens (tertiary/aromatic N) is 2. The van der Waals surface area contributed by atoms with Crippen LogP contribution in [-0.4, -0.2) is 36.3 Å². The van der Waals surface area contributed by atoms with Gasteiger partial charge in [-0.15, -0.1) is 0 Å². The molecule has 102 valence electrons. The molecule has 0 aliphatic rings. The van der Waals surface area contributed by atoms with E-state index < -0.39 is 0 Å². The second kappa shape index (κ2) is 7.44. The molecule has 0 bridgehead atoms.